The minimum absolute atomic E-state index is 0.0635. The minimum Gasteiger partial charge on any atom is -0.496 e. The molecular formula is C24H25N3O6. The molecule has 1 fully saturated rings. The van der Waals surface area contributed by atoms with Gasteiger partial charge in [-0.05, 0) is 61.2 Å². The predicted octanol–water partition coefficient (Wildman–Crippen LogP) is 2.82. The number of carbonyl (C=O) groups excluding carboxylic acids is 4. The van der Waals surface area contributed by atoms with Crippen LogP contribution in [0, 0.1) is 13.8 Å². The summed E-state index contributed by atoms with van der Waals surface area (Å²) < 4.78 is 10.8. The van der Waals surface area contributed by atoms with Gasteiger partial charge in [0.05, 0.1) is 13.7 Å². The van der Waals surface area contributed by atoms with Crippen LogP contribution in [0.5, 0.6) is 5.75 Å². The number of rotatable bonds is 5. The Bertz CT molecular complexity index is 1140. The van der Waals surface area contributed by atoms with E-state index in [4.69, 9.17) is 9.47 Å². The SMILES string of the molecule is COc1cc(COC(=O)Nc2cc(C)cc(C)c2)cc2c1CN(C1CCC(=O)NC1=O)C2=O. The molecule has 2 aliphatic rings. The molecule has 0 aliphatic carbocycles. The summed E-state index contributed by atoms with van der Waals surface area (Å²) in [6.45, 7) is 4.02. The first-order valence-electron chi connectivity index (χ1n) is 10.6. The largest absolute Gasteiger partial charge is 0.496 e. The van der Waals surface area contributed by atoms with E-state index in [9.17, 15) is 19.2 Å². The third kappa shape index (κ3) is 4.67. The number of ether oxygens (including phenoxy) is 2. The van der Waals surface area contributed by atoms with Crippen molar-refractivity contribution < 1.29 is 28.7 Å². The van der Waals surface area contributed by atoms with Crippen molar-refractivity contribution in [1.29, 1.82) is 0 Å². The van der Waals surface area contributed by atoms with Gasteiger partial charge in [0.25, 0.3) is 5.91 Å². The van der Waals surface area contributed by atoms with E-state index in [1.165, 1.54) is 12.0 Å². The summed E-state index contributed by atoms with van der Waals surface area (Å²) in [5, 5.41) is 4.99. The summed E-state index contributed by atoms with van der Waals surface area (Å²) in [5.74, 6) is -0.655. The van der Waals surface area contributed by atoms with E-state index in [-0.39, 0.29) is 37.8 Å². The van der Waals surface area contributed by atoms with E-state index >= 15 is 0 Å². The number of hydrogen-bond acceptors (Lipinski definition) is 6. The lowest BCUT2D eigenvalue weighted by Gasteiger charge is -2.29. The molecule has 0 spiro atoms. The van der Waals surface area contributed by atoms with Crippen LogP contribution < -0.4 is 15.4 Å². The fourth-order valence-electron chi connectivity index (χ4n) is 4.30. The molecule has 0 saturated carbocycles. The van der Waals surface area contributed by atoms with Crippen LogP contribution in [-0.2, 0) is 27.5 Å². The molecule has 172 valence electrons. The van der Waals surface area contributed by atoms with Crippen molar-refractivity contribution in [2.24, 2.45) is 0 Å². The molecule has 2 aromatic carbocycles. The van der Waals surface area contributed by atoms with Gasteiger partial charge in [0.1, 0.15) is 18.4 Å². The third-order valence-corrected chi connectivity index (χ3v) is 5.73. The Morgan fingerprint density at radius 2 is 1.85 bits per heavy atom. The first kappa shape index (κ1) is 22.3. The van der Waals surface area contributed by atoms with E-state index in [0.717, 1.165) is 11.1 Å². The van der Waals surface area contributed by atoms with Crippen molar-refractivity contribution in [1.82, 2.24) is 10.2 Å². The second-order valence-electron chi connectivity index (χ2n) is 8.30. The Balaban J connectivity index is 1.47. The van der Waals surface area contributed by atoms with Crippen LogP contribution in [0.2, 0.25) is 0 Å². The number of nitrogens with zero attached hydrogens (tertiary/aromatic N) is 1. The Morgan fingerprint density at radius 3 is 2.52 bits per heavy atom. The minimum atomic E-state index is -0.712. The van der Waals surface area contributed by atoms with Crippen LogP contribution in [0.15, 0.2) is 30.3 Å². The average molecular weight is 451 g/mol. The highest BCUT2D eigenvalue weighted by Gasteiger charge is 2.40. The molecule has 2 heterocycles. The molecule has 1 atom stereocenters. The summed E-state index contributed by atoms with van der Waals surface area (Å²) in [7, 11) is 1.49. The Kier molecular flexibility index (Phi) is 6.04. The smallest absolute Gasteiger partial charge is 0.411 e. The van der Waals surface area contributed by atoms with Crippen LogP contribution >= 0.6 is 0 Å². The topological polar surface area (TPSA) is 114 Å². The van der Waals surface area contributed by atoms with Crippen molar-refractivity contribution >= 4 is 29.5 Å². The van der Waals surface area contributed by atoms with Crippen molar-refractivity contribution in [3.8, 4) is 5.75 Å². The number of hydrogen-bond donors (Lipinski definition) is 2. The fourth-order valence-corrected chi connectivity index (χ4v) is 4.30. The third-order valence-electron chi connectivity index (χ3n) is 5.73. The van der Waals surface area contributed by atoms with Gasteiger partial charge >= 0.3 is 6.09 Å². The number of anilines is 1. The monoisotopic (exact) mass is 451 g/mol. The van der Waals surface area contributed by atoms with E-state index in [2.05, 4.69) is 10.6 Å². The lowest BCUT2D eigenvalue weighted by molar-refractivity contribution is -0.136. The maximum absolute atomic E-state index is 13.1. The number of benzene rings is 2. The van der Waals surface area contributed by atoms with E-state index in [0.29, 0.717) is 28.1 Å². The summed E-state index contributed by atoms with van der Waals surface area (Å²) >= 11 is 0. The highest BCUT2D eigenvalue weighted by atomic mass is 16.5. The molecule has 9 heteroatoms. The standard InChI is InChI=1S/C24H25N3O6/c1-13-6-14(2)8-16(7-13)25-24(31)33-12-15-9-17-18(20(10-15)32-3)11-27(23(17)30)19-4-5-21(28)26-22(19)29/h6-10,19H,4-5,11-12H2,1-3H3,(H,25,31)(H,26,28,29). The molecule has 1 unspecified atom stereocenters. The van der Waals surface area contributed by atoms with Crippen molar-refractivity contribution in [3.63, 3.8) is 0 Å². The normalized spacial score (nSPS) is 17.5. The van der Waals surface area contributed by atoms with Gasteiger partial charge in [-0.1, -0.05) is 6.07 Å². The second-order valence-corrected chi connectivity index (χ2v) is 8.30. The van der Waals surface area contributed by atoms with Crippen molar-refractivity contribution in [2.75, 3.05) is 12.4 Å². The van der Waals surface area contributed by atoms with Gasteiger partial charge < -0.3 is 14.4 Å². The molecule has 2 aliphatic heterocycles. The first-order valence-corrected chi connectivity index (χ1v) is 10.6. The Morgan fingerprint density at radius 1 is 1.12 bits per heavy atom. The Labute approximate surface area is 191 Å². The van der Waals surface area contributed by atoms with Crippen LogP contribution in [0.1, 0.15) is 45.5 Å². The average Bonchev–Trinajstić information content (AvgIpc) is 3.07. The van der Waals surface area contributed by atoms with Gasteiger partial charge in [-0.3, -0.25) is 25.0 Å². The van der Waals surface area contributed by atoms with Gasteiger partial charge in [-0.25, -0.2) is 4.79 Å². The molecule has 9 nitrogen and oxygen atoms in total. The van der Waals surface area contributed by atoms with Crippen LogP contribution in [-0.4, -0.2) is 41.9 Å². The molecule has 0 aromatic heterocycles. The molecule has 0 radical (unpaired) electrons. The number of aryl methyl sites for hydroxylation is 2. The van der Waals surface area contributed by atoms with Gasteiger partial charge in [0.15, 0.2) is 0 Å². The Hall–Kier alpha value is -3.88. The number of piperidine rings is 1. The highest BCUT2D eigenvalue weighted by Crippen LogP contribution is 2.35. The molecule has 2 aromatic rings. The van der Waals surface area contributed by atoms with Crippen LogP contribution in [0.4, 0.5) is 10.5 Å². The van der Waals surface area contributed by atoms with Crippen molar-refractivity contribution in [2.45, 2.75) is 45.9 Å². The number of fused-ring (bicyclic) bond motifs is 1. The van der Waals surface area contributed by atoms with E-state index in [1.807, 2.05) is 32.0 Å². The molecule has 2 N–H and O–H groups in total. The summed E-state index contributed by atoms with van der Waals surface area (Å²) in [6.07, 6.45) is -0.153. The molecule has 33 heavy (non-hydrogen) atoms. The maximum atomic E-state index is 13.1. The van der Waals surface area contributed by atoms with E-state index < -0.39 is 18.0 Å². The zero-order chi connectivity index (χ0) is 23.7. The number of imide groups is 1. The summed E-state index contributed by atoms with van der Waals surface area (Å²) in [6, 6.07) is 8.34. The number of nitrogens with one attached hydrogen (secondary N) is 2. The molecule has 1 saturated heterocycles. The van der Waals surface area contributed by atoms with Crippen LogP contribution in [0.3, 0.4) is 0 Å². The lowest BCUT2D eigenvalue weighted by atomic mass is 10.0. The van der Waals surface area contributed by atoms with Crippen molar-refractivity contribution in [3.05, 3.63) is 58.1 Å². The molecule has 4 rings (SSSR count). The highest BCUT2D eigenvalue weighted by molar-refractivity contribution is 6.05. The maximum Gasteiger partial charge on any atom is 0.411 e. The molecular weight excluding hydrogens is 426 g/mol. The van der Waals surface area contributed by atoms with Gasteiger partial charge in [-0.15, -0.1) is 0 Å². The second kappa shape index (κ2) is 8.93. The van der Waals surface area contributed by atoms with Crippen LogP contribution in [0.25, 0.3) is 0 Å². The van der Waals surface area contributed by atoms with E-state index in [1.54, 1.807) is 12.1 Å². The first-order chi connectivity index (χ1) is 15.7. The zero-order valence-electron chi connectivity index (χ0n) is 18.7. The quantitative estimate of drug-likeness (QED) is 0.676. The number of amides is 4. The van der Waals surface area contributed by atoms with Gasteiger partial charge in [0, 0.05) is 23.2 Å². The lowest BCUT2D eigenvalue weighted by Crippen LogP contribution is -2.52. The molecule has 4 amide bonds. The predicted molar refractivity (Wildman–Crippen MR) is 119 cm³/mol. The fraction of sp³-hybridized carbons (Fsp3) is 0.333. The van der Waals surface area contributed by atoms with Gasteiger partial charge in [0.2, 0.25) is 11.8 Å². The van der Waals surface area contributed by atoms with Gasteiger partial charge in [-0.2, -0.15) is 0 Å². The summed E-state index contributed by atoms with van der Waals surface area (Å²) in [4.78, 5) is 50.5. The zero-order valence-corrected chi connectivity index (χ0v) is 18.7. The summed E-state index contributed by atoms with van der Waals surface area (Å²) in [5.41, 5.74) is 4.32. The number of carbonyl (C=O) groups is 4. The molecule has 0 bridgehead atoms. The number of methoxy groups -OCH3 is 1.